The summed E-state index contributed by atoms with van der Waals surface area (Å²) in [5.74, 6) is -0.500. The number of esters is 1. The summed E-state index contributed by atoms with van der Waals surface area (Å²) in [6.45, 7) is -1.33. The average Bonchev–Trinajstić information content (AvgIpc) is 2.35. The van der Waals surface area contributed by atoms with Crippen molar-refractivity contribution in [1.29, 1.82) is 0 Å². The molecular weight excluding hydrogens is 267 g/mol. The first kappa shape index (κ1) is 15.6. The Bertz CT molecular complexity index is 332. The summed E-state index contributed by atoms with van der Waals surface area (Å²) >= 11 is 0. The summed E-state index contributed by atoms with van der Waals surface area (Å²) in [5.41, 5.74) is 0. The van der Waals surface area contributed by atoms with Gasteiger partial charge in [0.25, 0.3) is 0 Å². The predicted octanol–water partition coefficient (Wildman–Crippen LogP) is 2.10. The summed E-state index contributed by atoms with van der Waals surface area (Å²) in [6, 6.07) is -0.457. The van der Waals surface area contributed by atoms with Crippen LogP contribution in [-0.4, -0.2) is 49.4 Å². The van der Waals surface area contributed by atoms with E-state index in [2.05, 4.69) is 9.47 Å². The third kappa shape index (κ3) is 5.35. The summed E-state index contributed by atoms with van der Waals surface area (Å²) in [7, 11) is 1.22. The van der Waals surface area contributed by atoms with E-state index in [1.165, 1.54) is 12.0 Å². The molecule has 1 aliphatic rings. The molecule has 0 aromatic heterocycles. The summed E-state index contributed by atoms with van der Waals surface area (Å²) in [6.07, 6.45) is -3.58. The molecule has 0 bridgehead atoms. The van der Waals surface area contributed by atoms with E-state index in [9.17, 15) is 22.8 Å². The zero-order chi connectivity index (χ0) is 14.5. The van der Waals surface area contributed by atoms with Crippen LogP contribution < -0.4 is 0 Å². The molecule has 0 aromatic carbocycles. The molecule has 1 unspecified atom stereocenters. The number of halogens is 3. The van der Waals surface area contributed by atoms with Gasteiger partial charge in [0.2, 0.25) is 0 Å². The number of piperidine rings is 1. The van der Waals surface area contributed by atoms with E-state index in [4.69, 9.17) is 0 Å². The molecule has 1 amide bonds. The van der Waals surface area contributed by atoms with Gasteiger partial charge in [-0.05, 0) is 19.3 Å². The van der Waals surface area contributed by atoms with Crippen LogP contribution in [0.2, 0.25) is 0 Å². The highest BCUT2D eigenvalue weighted by Crippen LogP contribution is 2.22. The van der Waals surface area contributed by atoms with Crippen molar-refractivity contribution in [3.63, 3.8) is 0 Å². The topological polar surface area (TPSA) is 55.8 Å². The fourth-order valence-corrected chi connectivity index (χ4v) is 1.96. The number of hydrogen-bond donors (Lipinski definition) is 0. The lowest BCUT2D eigenvalue weighted by atomic mass is 10.00. The zero-order valence-corrected chi connectivity index (χ0v) is 10.5. The van der Waals surface area contributed by atoms with Crippen LogP contribution in [0.1, 0.15) is 25.7 Å². The Balaban J connectivity index is 2.55. The number of hydrogen-bond acceptors (Lipinski definition) is 4. The smallest absolute Gasteiger partial charge is 0.422 e. The number of carbonyl (C=O) groups excluding carboxylic acids is 2. The van der Waals surface area contributed by atoms with E-state index in [1.807, 2.05) is 0 Å². The fraction of sp³-hybridized carbons (Fsp3) is 0.818. The van der Waals surface area contributed by atoms with Crippen molar-refractivity contribution in [1.82, 2.24) is 4.90 Å². The first-order chi connectivity index (χ1) is 8.83. The Hall–Kier alpha value is -1.47. The molecule has 0 aromatic rings. The minimum atomic E-state index is -4.55. The van der Waals surface area contributed by atoms with Crippen molar-refractivity contribution in [2.45, 2.75) is 37.9 Å². The Morgan fingerprint density at radius 2 is 2.00 bits per heavy atom. The number of amides is 1. The van der Waals surface area contributed by atoms with Crippen molar-refractivity contribution in [3.05, 3.63) is 0 Å². The molecule has 1 rings (SSSR count). The third-order valence-electron chi connectivity index (χ3n) is 2.85. The highest BCUT2D eigenvalue weighted by atomic mass is 19.4. The fourth-order valence-electron chi connectivity index (χ4n) is 1.96. The van der Waals surface area contributed by atoms with E-state index in [0.29, 0.717) is 19.4 Å². The Kier molecular flexibility index (Phi) is 5.44. The van der Waals surface area contributed by atoms with Crippen LogP contribution in [0.5, 0.6) is 0 Å². The molecule has 19 heavy (non-hydrogen) atoms. The molecule has 8 heteroatoms. The number of nitrogens with zero attached hydrogens (tertiary/aromatic N) is 1. The van der Waals surface area contributed by atoms with Crippen molar-refractivity contribution in [2.75, 3.05) is 20.3 Å². The van der Waals surface area contributed by atoms with Gasteiger partial charge in [-0.2, -0.15) is 13.2 Å². The van der Waals surface area contributed by atoms with Crippen LogP contribution in [-0.2, 0) is 14.3 Å². The van der Waals surface area contributed by atoms with Gasteiger partial charge < -0.3 is 14.4 Å². The normalized spacial score (nSPS) is 20.0. The number of likely N-dealkylation sites (tertiary alicyclic amines) is 1. The molecule has 1 fully saturated rings. The third-order valence-corrected chi connectivity index (χ3v) is 2.85. The van der Waals surface area contributed by atoms with E-state index in [0.717, 1.165) is 6.42 Å². The second-order valence-electron chi connectivity index (χ2n) is 4.29. The maximum atomic E-state index is 12.0. The molecule has 0 saturated carbocycles. The van der Waals surface area contributed by atoms with E-state index in [-0.39, 0.29) is 6.42 Å². The molecule has 0 N–H and O–H groups in total. The van der Waals surface area contributed by atoms with Gasteiger partial charge >= 0.3 is 18.2 Å². The first-order valence-corrected chi connectivity index (χ1v) is 5.90. The Morgan fingerprint density at radius 3 is 2.58 bits per heavy atom. The standard InChI is InChI=1S/C11H16F3NO4/c1-18-9(16)6-8-4-2-3-5-15(8)10(17)19-7-11(12,13)14/h8H,2-7H2,1H3. The lowest BCUT2D eigenvalue weighted by Crippen LogP contribution is -2.45. The Labute approximate surface area is 108 Å². The van der Waals surface area contributed by atoms with Gasteiger partial charge in [-0.15, -0.1) is 0 Å². The molecule has 1 atom stereocenters. The molecule has 0 spiro atoms. The SMILES string of the molecule is COC(=O)CC1CCCCN1C(=O)OCC(F)(F)F. The average molecular weight is 283 g/mol. The largest absolute Gasteiger partial charge is 0.469 e. The number of methoxy groups -OCH3 is 1. The highest BCUT2D eigenvalue weighted by Gasteiger charge is 2.34. The quantitative estimate of drug-likeness (QED) is 0.744. The van der Waals surface area contributed by atoms with Crippen molar-refractivity contribution < 1.29 is 32.2 Å². The maximum absolute atomic E-state index is 12.0. The van der Waals surface area contributed by atoms with Crippen LogP contribution in [0.15, 0.2) is 0 Å². The molecule has 0 radical (unpaired) electrons. The molecule has 5 nitrogen and oxygen atoms in total. The van der Waals surface area contributed by atoms with Gasteiger partial charge in [0, 0.05) is 12.6 Å². The van der Waals surface area contributed by atoms with Crippen LogP contribution in [0.3, 0.4) is 0 Å². The Morgan fingerprint density at radius 1 is 1.32 bits per heavy atom. The molecule has 1 saturated heterocycles. The first-order valence-electron chi connectivity index (χ1n) is 5.90. The zero-order valence-electron chi connectivity index (χ0n) is 10.5. The molecular formula is C11H16F3NO4. The van der Waals surface area contributed by atoms with Gasteiger partial charge in [-0.3, -0.25) is 4.79 Å². The predicted molar refractivity (Wildman–Crippen MR) is 58.4 cm³/mol. The number of carbonyl (C=O) groups is 2. The van der Waals surface area contributed by atoms with Gasteiger partial charge in [-0.1, -0.05) is 0 Å². The van der Waals surface area contributed by atoms with Gasteiger partial charge in [-0.25, -0.2) is 4.79 Å². The second-order valence-corrected chi connectivity index (χ2v) is 4.29. The lowest BCUT2D eigenvalue weighted by Gasteiger charge is -2.34. The van der Waals surface area contributed by atoms with Crippen molar-refractivity contribution >= 4 is 12.1 Å². The lowest BCUT2D eigenvalue weighted by molar-refractivity contribution is -0.163. The van der Waals surface area contributed by atoms with Crippen molar-refractivity contribution in [3.8, 4) is 0 Å². The van der Waals surface area contributed by atoms with E-state index < -0.39 is 30.9 Å². The van der Waals surface area contributed by atoms with E-state index >= 15 is 0 Å². The summed E-state index contributed by atoms with van der Waals surface area (Å²) < 4.78 is 44.6. The van der Waals surface area contributed by atoms with Crippen molar-refractivity contribution in [2.24, 2.45) is 0 Å². The highest BCUT2D eigenvalue weighted by molar-refractivity contribution is 5.72. The molecule has 0 aliphatic carbocycles. The van der Waals surface area contributed by atoms with Gasteiger partial charge in [0.05, 0.1) is 13.5 Å². The minimum absolute atomic E-state index is 0.0301. The van der Waals surface area contributed by atoms with Crippen LogP contribution in [0.4, 0.5) is 18.0 Å². The molecule has 110 valence electrons. The molecule has 1 aliphatic heterocycles. The monoisotopic (exact) mass is 283 g/mol. The van der Waals surface area contributed by atoms with Crippen LogP contribution >= 0.6 is 0 Å². The van der Waals surface area contributed by atoms with Crippen LogP contribution in [0.25, 0.3) is 0 Å². The number of alkyl halides is 3. The van der Waals surface area contributed by atoms with Gasteiger partial charge in [0.15, 0.2) is 6.61 Å². The number of rotatable bonds is 3. The van der Waals surface area contributed by atoms with Crippen LogP contribution in [0, 0.1) is 0 Å². The number of ether oxygens (including phenoxy) is 2. The summed E-state index contributed by atoms with van der Waals surface area (Å²) in [4.78, 5) is 23.9. The second kappa shape index (κ2) is 6.63. The minimum Gasteiger partial charge on any atom is -0.469 e. The van der Waals surface area contributed by atoms with E-state index in [1.54, 1.807) is 0 Å². The molecule has 1 heterocycles. The summed E-state index contributed by atoms with van der Waals surface area (Å²) in [5, 5.41) is 0. The van der Waals surface area contributed by atoms with Gasteiger partial charge in [0.1, 0.15) is 0 Å². The maximum Gasteiger partial charge on any atom is 0.422 e.